The topological polar surface area (TPSA) is 63.4 Å². The third kappa shape index (κ3) is 3.91. The molecule has 2 heterocycles. The fraction of sp³-hybridized carbons (Fsp3) is 0.600. The molecule has 3 rings (SSSR count). The first-order valence-corrected chi connectivity index (χ1v) is 9.39. The van der Waals surface area contributed by atoms with Crippen LogP contribution >= 0.6 is 0 Å². The molecule has 1 aromatic carbocycles. The summed E-state index contributed by atoms with van der Waals surface area (Å²) in [5.41, 5.74) is -0.00933. The highest BCUT2D eigenvalue weighted by atomic mass is 16.5. The van der Waals surface area contributed by atoms with Crippen LogP contribution in [-0.4, -0.2) is 44.5 Å². The maximum absolute atomic E-state index is 11.3. The lowest BCUT2D eigenvalue weighted by Crippen LogP contribution is -2.45. The van der Waals surface area contributed by atoms with Crippen LogP contribution in [-0.2, 0) is 18.7 Å². The van der Waals surface area contributed by atoms with Gasteiger partial charge in [0.15, 0.2) is 0 Å². The van der Waals surface area contributed by atoms with Gasteiger partial charge in [-0.05, 0) is 49.9 Å². The van der Waals surface area contributed by atoms with E-state index in [1.54, 1.807) is 13.4 Å². The fourth-order valence-electron chi connectivity index (χ4n) is 3.86. The predicted molar refractivity (Wildman–Crippen MR) is 101 cm³/mol. The van der Waals surface area contributed by atoms with Crippen LogP contribution in [0.25, 0.3) is 0 Å². The van der Waals surface area contributed by atoms with E-state index in [-0.39, 0.29) is 6.04 Å². The summed E-state index contributed by atoms with van der Waals surface area (Å²) in [4.78, 5) is 6.80. The van der Waals surface area contributed by atoms with Crippen molar-refractivity contribution in [2.45, 2.75) is 58.3 Å². The third-order valence-corrected chi connectivity index (χ3v) is 5.27. The number of aromatic nitrogens is 3. The highest BCUT2D eigenvalue weighted by molar-refractivity contribution is 5.31. The van der Waals surface area contributed by atoms with Gasteiger partial charge in [0.2, 0.25) is 0 Å². The van der Waals surface area contributed by atoms with Crippen molar-refractivity contribution in [2.24, 2.45) is 5.92 Å². The number of hydrogen-bond donors (Lipinski definition) is 1. The van der Waals surface area contributed by atoms with Crippen LogP contribution in [0.5, 0.6) is 5.75 Å². The summed E-state index contributed by atoms with van der Waals surface area (Å²) >= 11 is 0. The smallest absolute Gasteiger partial charge is 0.141 e. The largest absolute Gasteiger partial charge is 0.497 e. The van der Waals surface area contributed by atoms with Crippen molar-refractivity contribution in [1.29, 1.82) is 0 Å². The van der Waals surface area contributed by atoms with Gasteiger partial charge in [0.05, 0.1) is 13.7 Å². The monoisotopic (exact) mass is 358 g/mol. The summed E-state index contributed by atoms with van der Waals surface area (Å²) in [5.74, 6) is 2.29. The maximum atomic E-state index is 11.3. The molecule has 0 saturated carbocycles. The van der Waals surface area contributed by atoms with Gasteiger partial charge in [0.1, 0.15) is 23.5 Å². The Morgan fingerprint density at radius 3 is 2.69 bits per heavy atom. The van der Waals surface area contributed by atoms with Gasteiger partial charge in [0.25, 0.3) is 0 Å². The van der Waals surface area contributed by atoms with E-state index in [0.29, 0.717) is 12.5 Å². The van der Waals surface area contributed by atoms with Gasteiger partial charge in [-0.15, -0.1) is 0 Å². The molecule has 0 aliphatic carbocycles. The summed E-state index contributed by atoms with van der Waals surface area (Å²) in [7, 11) is 1.65. The minimum absolute atomic E-state index is 0.0556. The van der Waals surface area contributed by atoms with E-state index >= 15 is 0 Å². The number of benzene rings is 1. The van der Waals surface area contributed by atoms with Gasteiger partial charge in [-0.3, -0.25) is 4.90 Å². The highest BCUT2D eigenvalue weighted by Crippen LogP contribution is 2.36. The van der Waals surface area contributed by atoms with Crippen molar-refractivity contribution >= 4 is 0 Å². The standard InChI is InChI=1S/C20H30N4O2/c1-15(2)12-24-19(21-14-22-24)13-23-11-5-6-18(23)20(3,25)16-7-9-17(26-4)10-8-16/h7-10,14-15,18,25H,5-6,11-13H2,1-4H3/t18-,20-/m0/s1. The number of hydrogen-bond acceptors (Lipinski definition) is 5. The Balaban J connectivity index is 1.77. The Morgan fingerprint density at radius 2 is 2.04 bits per heavy atom. The summed E-state index contributed by atoms with van der Waals surface area (Å²) in [5, 5.41) is 15.7. The van der Waals surface area contributed by atoms with Crippen molar-refractivity contribution in [3.63, 3.8) is 0 Å². The molecular weight excluding hydrogens is 328 g/mol. The molecule has 6 nitrogen and oxygen atoms in total. The normalized spacial score (nSPS) is 20.5. The molecule has 0 amide bonds. The predicted octanol–water partition coefficient (Wildman–Crippen LogP) is 2.81. The molecule has 0 unspecified atom stereocenters. The Hall–Kier alpha value is -1.92. The zero-order valence-corrected chi connectivity index (χ0v) is 16.2. The SMILES string of the molecule is COc1ccc([C@](C)(O)[C@@H]2CCCN2Cc2ncnn2CC(C)C)cc1. The number of likely N-dealkylation sites (tertiary alicyclic amines) is 1. The van der Waals surface area contributed by atoms with Crippen LogP contribution in [0.4, 0.5) is 0 Å². The molecule has 1 saturated heterocycles. The minimum atomic E-state index is -0.925. The lowest BCUT2D eigenvalue weighted by molar-refractivity contribution is -0.0265. The Bertz CT molecular complexity index is 709. The van der Waals surface area contributed by atoms with E-state index in [9.17, 15) is 5.11 Å². The van der Waals surface area contributed by atoms with Crippen LogP contribution in [0.15, 0.2) is 30.6 Å². The van der Waals surface area contributed by atoms with E-state index < -0.39 is 5.60 Å². The average Bonchev–Trinajstić information content (AvgIpc) is 3.25. The minimum Gasteiger partial charge on any atom is -0.497 e. The van der Waals surface area contributed by atoms with Gasteiger partial charge in [-0.2, -0.15) is 5.10 Å². The Kier molecular flexibility index (Phi) is 5.63. The quantitative estimate of drug-likeness (QED) is 0.825. The van der Waals surface area contributed by atoms with E-state index in [1.165, 1.54) is 0 Å². The van der Waals surface area contributed by atoms with Gasteiger partial charge in [-0.1, -0.05) is 26.0 Å². The van der Waals surface area contributed by atoms with E-state index in [4.69, 9.17) is 4.74 Å². The molecule has 142 valence electrons. The molecule has 1 N–H and O–H groups in total. The second kappa shape index (κ2) is 7.76. The molecule has 1 aliphatic heterocycles. The van der Waals surface area contributed by atoms with E-state index in [1.807, 2.05) is 35.9 Å². The second-order valence-electron chi connectivity index (χ2n) is 7.76. The van der Waals surface area contributed by atoms with Crippen molar-refractivity contribution in [1.82, 2.24) is 19.7 Å². The van der Waals surface area contributed by atoms with Crippen LogP contribution in [0.2, 0.25) is 0 Å². The van der Waals surface area contributed by atoms with Gasteiger partial charge < -0.3 is 9.84 Å². The lowest BCUT2D eigenvalue weighted by atomic mass is 9.86. The molecule has 1 aromatic heterocycles. The molecule has 0 radical (unpaired) electrons. The number of nitrogens with zero attached hydrogens (tertiary/aromatic N) is 4. The molecular formula is C20H30N4O2. The number of rotatable bonds is 7. The average molecular weight is 358 g/mol. The summed E-state index contributed by atoms with van der Waals surface area (Å²) in [6, 6.07) is 7.78. The summed E-state index contributed by atoms with van der Waals surface area (Å²) < 4.78 is 7.22. The first kappa shape index (κ1) is 18.9. The summed E-state index contributed by atoms with van der Waals surface area (Å²) in [6.45, 7) is 8.81. The highest BCUT2D eigenvalue weighted by Gasteiger charge is 2.40. The summed E-state index contributed by atoms with van der Waals surface area (Å²) in [6.07, 6.45) is 3.68. The molecule has 6 heteroatoms. The second-order valence-corrected chi connectivity index (χ2v) is 7.76. The molecule has 26 heavy (non-hydrogen) atoms. The van der Waals surface area contributed by atoms with Gasteiger partial charge in [-0.25, -0.2) is 9.67 Å². The number of aliphatic hydroxyl groups is 1. The molecule has 2 atom stereocenters. The zero-order valence-electron chi connectivity index (χ0n) is 16.2. The van der Waals surface area contributed by atoms with Crippen LogP contribution in [0.3, 0.4) is 0 Å². The number of methoxy groups -OCH3 is 1. The van der Waals surface area contributed by atoms with Crippen molar-refractivity contribution in [3.8, 4) is 5.75 Å². The van der Waals surface area contributed by atoms with E-state index in [0.717, 1.165) is 43.1 Å². The molecule has 1 aliphatic rings. The van der Waals surface area contributed by atoms with Gasteiger partial charge >= 0.3 is 0 Å². The molecule has 0 spiro atoms. The Labute approximate surface area is 155 Å². The van der Waals surface area contributed by atoms with Crippen LogP contribution < -0.4 is 4.74 Å². The molecule has 1 fully saturated rings. The van der Waals surface area contributed by atoms with Gasteiger partial charge in [0, 0.05) is 12.6 Å². The van der Waals surface area contributed by atoms with Crippen LogP contribution in [0, 0.1) is 5.92 Å². The van der Waals surface area contributed by atoms with E-state index in [2.05, 4.69) is 28.8 Å². The van der Waals surface area contributed by atoms with Crippen LogP contribution in [0.1, 0.15) is 45.0 Å². The first-order chi connectivity index (χ1) is 12.4. The lowest BCUT2D eigenvalue weighted by Gasteiger charge is -2.37. The van der Waals surface area contributed by atoms with Crippen molar-refractivity contribution in [2.75, 3.05) is 13.7 Å². The first-order valence-electron chi connectivity index (χ1n) is 9.39. The number of ether oxygens (including phenoxy) is 1. The molecule has 2 aromatic rings. The van der Waals surface area contributed by atoms with Crippen molar-refractivity contribution < 1.29 is 9.84 Å². The molecule has 0 bridgehead atoms. The third-order valence-electron chi connectivity index (χ3n) is 5.27. The Morgan fingerprint density at radius 1 is 1.31 bits per heavy atom. The fourth-order valence-corrected chi connectivity index (χ4v) is 3.86. The maximum Gasteiger partial charge on any atom is 0.141 e. The van der Waals surface area contributed by atoms with Crippen molar-refractivity contribution in [3.05, 3.63) is 42.0 Å². The zero-order chi connectivity index (χ0) is 18.7.